The van der Waals surface area contributed by atoms with Gasteiger partial charge in [-0.1, -0.05) is 0 Å². The number of hydrogen-bond acceptors (Lipinski definition) is 21. The molecule has 6 unspecified atom stereocenters. The molecule has 0 bridgehead atoms. The number of halogens is 1. The molecule has 3 aliphatic rings. The Labute approximate surface area is 396 Å². The number of alkyl halides is 1. The van der Waals surface area contributed by atoms with E-state index in [0.717, 1.165) is 6.92 Å². The van der Waals surface area contributed by atoms with Crippen molar-refractivity contribution in [2.75, 3.05) is 51.8 Å². The molecule has 0 aromatic heterocycles. The summed E-state index contributed by atoms with van der Waals surface area (Å²) < 4.78 is 68.7. The summed E-state index contributed by atoms with van der Waals surface area (Å²) in [4.78, 5) is 54.8. The van der Waals surface area contributed by atoms with Gasteiger partial charge in [0.1, 0.15) is 67.0 Å². The smallest absolute Gasteiger partial charge is 0.241 e. The highest BCUT2D eigenvalue weighted by Gasteiger charge is 2.54. The Hall–Kier alpha value is -3.79. The zero-order valence-corrected chi connectivity index (χ0v) is 38.9. The number of amides is 3. The average Bonchev–Trinajstić information content (AvgIpc) is 3.30. The number of hydrogen-bond donors (Lipinski definition) is 13. The van der Waals surface area contributed by atoms with Crippen molar-refractivity contribution in [2.24, 2.45) is 22.2 Å². The number of ether oxygens (including phenoxy) is 7. The number of nitrogens with one attached hydrogen (secondary N) is 4. The van der Waals surface area contributed by atoms with Crippen molar-refractivity contribution < 1.29 is 91.4 Å². The minimum absolute atomic E-state index is 0.0518. The van der Waals surface area contributed by atoms with Gasteiger partial charge in [0.2, 0.25) is 27.7 Å². The summed E-state index contributed by atoms with van der Waals surface area (Å²) in [6.07, 6.45) is -18.7. The van der Waals surface area contributed by atoms with E-state index in [4.69, 9.17) is 62.0 Å². The molecule has 3 fully saturated rings. The first-order valence-corrected chi connectivity index (χ1v) is 23.3. The lowest BCUT2D eigenvalue weighted by atomic mass is 9.93. The molecule has 3 amide bonds. The van der Waals surface area contributed by atoms with E-state index in [1.807, 2.05) is 0 Å². The maximum absolute atomic E-state index is 13.6. The van der Waals surface area contributed by atoms with Crippen molar-refractivity contribution in [3.63, 3.8) is 0 Å². The number of aliphatic imine (C=N–C) groups is 1. The number of carbonyl (C=O) groups is 4. The number of methoxy groups -OCH3 is 2. The third kappa shape index (κ3) is 14.9. The molecule has 3 heterocycles. The SMILES string of the molecule is CO[C@@H]1OC(CO)[C@@H](O[C@@H]2OC(CO)[C@@H](O[C@@H]3OC(CO)[C@@H](OC)[C@H](O)C3NC(C)=O)[C@H](O)C2NC(=O)CCC(=O)Nc2ccc(S(=O)(=O)N[C@H](CCCN=C(N)N)C(=O)CCl)cc2)[C@H](O)C1N. The molecule has 16 N–H and O–H groups in total. The first-order chi connectivity index (χ1) is 32.2. The number of Topliss-reactive ketones (excluding diaryl/α,β-unsaturated/α-hetero) is 1. The van der Waals surface area contributed by atoms with Crippen LogP contribution in [-0.2, 0) is 62.4 Å². The van der Waals surface area contributed by atoms with E-state index in [1.54, 1.807) is 0 Å². The zero-order valence-electron chi connectivity index (χ0n) is 37.4. The normalized spacial score (nSPS) is 32.4. The van der Waals surface area contributed by atoms with Gasteiger partial charge in [0, 0.05) is 46.2 Å². The number of ketones is 1. The van der Waals surface area contributed by atoms with Crippen LogP contribution in [0.15, 0.2) is 34.2 Å². The fraction of sp³-hybridized carbons (Fsp3) is 0.718. The first kappa shape index (κ1) is 56.8. The molecule has 3 saturated heterocycles. The van der Waals surface area contributed by atoms with Gasteiger partial charge < -0.3 is 96.9 Å². The lowest BCUT2D eigenvalue weighted by Crippen LogP contribution is -2.70. The van der Waals surface area contributed by atoms with Gasteiger partial charge in [-0.15, -0.1) is 11.6 Å². The molecule has 0 aliphatic carbocycles. The van der Waals surface area contributed by atoms with Crippen LogP contribution in [0.2, 0.25) is 0 Å². The van der Waals surface area contributed by atoms with Gasteiger partial charge in [-0.05, 0) is 37.1 Å². The molecule has 4 rings (SSSR count). The Morgan fingerprint density at radius 1 is 0.779 bits per heavy atom. The lowest BCUT2D eigenvalue weighted by molar-refractivity contribution is -0.352. The minimum atomic E-state index is -4.26. The van der Waals surface area contributed by atoms with Gasteiger partial charge in [-0.2, -0.15) is 0 Å². The highest BCUT2D eigenvalue weighted by Crippen LogP contribution is 2.33. The van der Waals surface area contributed by atoms with Gasteiger partial charge in [0.05, 0.1) is 42.7 Å². The summed E-state index contributed by atoms with van der Waals surface area (Å²) in [5.74, 6) is -3.43. The molecule has 29 heteroatoms. The van der Waals surface area contributed by atoms with E-state index in [0.29, 0.717) is 0 Å². The molecule has 3 aliphatic heterocycles. The Morgan fingerprint density at radius 3 is 1.81 bits per heavy atom. The highest BCUT2D eigenvalue weighted by atomic mass is 35.5. The number of benzene rings is 1. The summed E-state index contributed by atoms with van der Waals surface area (Å²) in [5.41, 5.74) is 16.9. The molecular weight excluding hydrogens is 952 g/mol. The van der Waals surface area contributed by atoms with Crippen molar-refractivity contribution in [1.29, 1.82) is 0 Å². The summed E-state index contributed by atoms with van der Waals surface area (Å²) in [6.45, 7) is -1.02. The zero-order chi connectivity index (χ0) is 50.5. The third-order valence-corrected chi connectivity index (χ3v) is 12.9. The molecule has 68 heavy (non-hydrogen) atoms. The monoisotopic (exact) mass is 1010 g/mol. The van der Waals surface area contributed by atoms with Crippen LogP contribution in [0.4, 0.5) is 5.69 Å². The Morgan fingerprint density at radius 2 is 1.29 bits per heavy atom. The highest BCUT2D eigenvalue weighted by molar-refractivity contribution is 7.89. The fourth-order valence-corrected chi connectivity index (χ4v) is 9.15. The molecule has 386 valence electrons. The van der Waals surface area contributed by atoms with Crippen LogP contribution in [0, 0.1) is 0 Å². The standard InChI is InChI=1S/C39H63ClN8O19S/c1-17(52)45-28-31(57)33(61-2)22(14-49)64-37(28)67-35-24(16-51)65-38(66-34-23(15-50)63-36(62-3)27(41)30(34)56)29(32(35)58)47-26(55)11-10-25(54)46-18-6-8-19(9-7-18)68(59,60)48-20(21(53)13-40)5-4-12-44-39(42)43/h6-9,20,22-24,27-38,48-51,56-58H,4-5,10-16,41H2,1-3H3,(H,45,52)(H,46,54)(H,47,55)(H4,42,43,44)/t20-,22?,23?,24?,27?,28?,29?,30-,31-,32-,33-,34-,35-,36-,37+,38+/m1/s1. The van der Waals surface area contributed by atoms with E-state index >= 15 is 0 Å². The van der Waals surface area contributed by atoms with Gasteiger partial charge >= 0.3 is 0 Å². The van der Waals surface area contributed by atoms with E-state index < -0.39 is 170 Å². The lowest BCUT2D eigenvalue weighted by Gasteiger charge is -2.50. The number of sulfonamides is 1. The van der Waals surface area contributed by atoms with Crippen molar-refractivity contribution >= 4 is 56.8 Å². The molecular formula is C39H63ClN8O19S. The van der Waals surface area contributed by atoms with Gasteiger partial charge in [0.25, 0.3) is 0 Å². The van der Waals surface area contributed by atoms with Crippen molar-refractivity contribution in [2.45, 2.75) is 135 Å². The second-order valence-corrected chi connectivity index (χ2v) is 18.0. The molecule has 0 saturated carbocycles. The molecule has 0 radical (unpaired) electrons. The first-order valence-electron chi connectivity index (χ1n) is 21.3. The van der Waals surface area contributed by atoms with E-state index in [1.165, 1.54) is 38.5 Å². The number of anilines is 1. The number of guanidine groups is 1. The van der Waals surface area contributed by atoms with Gasteiger partial charge in [-0.25, -0.2) is 13.1 Å². The topological polar surface area (TPSA) is 427 Å². The van der Waals surface area contributed by atoms with Crippen LogP contribution in [0.1, 0.15) is 32.6 Å². The number of nitrogens with zero attached hydrogens (tertiary/aromatic N) is 1. The van der Waals surface area contributed by atoms with Crippen LogP contribution in [0.3, 0.4) is 0 Å². The third-order valence-electron chi connectivity index (χ3n) is 11.2. The Balaban J connectivity index is 1.51. The van der Waals surface area contributed by atoms with Gasteiger partial charge in [0.15, 0.2) is 30.6 Å². The molecule has 0 spiro atoms. The van der Waals surface area contributed by atoms with Crippen LogP contribution in [0.5, 0.6) is 0 Å². The minimum Gasteiger partial charge on any atom is -0.394 e. The fourth-order valence-electron chi connectivity index (χ4n) is 7.71. The number of aliphatic hydroxyl groups excluding tert-OH is 6. The average molecular weight is 1020 g/mol. The predicted octanol–water partition coefficient (Wildman–Crippen LogP) is -6.10. The number of aliphatic hydroxyl groups is 6. The summed E-state index contributed by atoms with van der Waals surface area (Å²) in [5, 5.41) is 72.4. The number of rotatable bonds is 24. The second kappa shape index (κ2) is 26.4. The quantitative estimate of drug-likeness (QED) is 0.0198. The van der Waals surface area contributed by atoms with E-state index in [2.05, 4.69) is 25.7 Å². The second-order valence-electron chi connectivity index (χ2n) is 16.0. The van der Waals surface area contributed by atoms with Crippen LogP contribution in [0.25, 0.3) is 0 Å². The van der Waals surface area contributed by atoms with Crippen LogP contribution >= 0.6 is 11.6 Å². The number of nitrogens with two attached hydrogens (primary N) is 3. The summed E-state index contributed by atoms with van der Waals surface area (Å²) in [7, 11) is -1.77. The molecule has 27 nitrogen and oxygen atoms in total. The Bertz CT molecular complexity index is 1960. The predicted molar refractivity (Wildman–Crippen MR) is 234 cm³/mol. The van der Waals surface area contributed by atoms with Crippen molar-refractivity contribution in [3.05, 3.63) is 24.3 Å². The summed E-state index contributed by atoms with van der Waals surface area (Å²) >= 11 is 5.70. The van der Waals surface area contributed by atoms with Crippen molar-refractivity contribution in [1.82, 2.24) is 15.4 Å². The van der Waals surface area contributed by atoms with Gasteiger partial charge in [-0.3, -0.25) is 24.2 Å². The van der Waals surface area contributed by atoms with Crippen molar-refractivity contribution in [3.8, 4) is 0 Å². The summed E-state index contributed by atoms with van der Waals surface area (Å²) in [6, 6.07) is -0.572. The van der Waals surface area contributed by atoms with E-state index in [-0.39, 0.29) is 35.9 Å². The number of carbonyl (C=O) groups excluding carboxylic acids is 4. The Kier molecular flexibility index (Phi) is 22.1. The van der Waals surface area contributed by atoms with Crippen LogP contribution < -0.4 is 37.9 Å². The molecule has 1 aromatic carbocycles. The largest absolute Gasteiger partial charge is 0.394 e. The molecule has 16 atom stereocenters. The maximum atomic E-state index is 13.6. The maximum Gasteiger partial charge on any atom is 0.241 e. The molecule has 1 aromatic rings. The van der Waals surface area contributed by atoms with E-state index in [9.17, 15) is 58.2 Å². The van der Waals surface area contributed by atoms with Crippen LogP contribution in [-0.4, -0.2) is 213 Å².